The third-order valence-electron chi connectivity index (χ3n) is 4.14. The lowest BCUT2D eigenvalue weighted by Crippen LogP contribution is -2.33. The smallest absolute Gasteiger partial charge is 0.289 e. The summed E-state index contributed by atoms with van der Waals surface area (Å²) in [7, 11) is 1.60. The summed E-state index contributed by atoms with van der Waals surface area (Å²) < 4.78 is 15.8. The number of benzene rings is 1. The minimum absolute atomic E-state index is 0.205. The topological polar surface area (TPSA) is 68.7 Å². The summed E-state index contributed by atoms with van der Waals surface area (Å²) in [5, 5.41) is 4.13. The molecule has 3 rings (SSSR count). The van der Waals surface area contributed by atoms with Crippen molar-refractivity contribution < 1.29 is 18.5 Å². The molecule has 1 amide bonds. The van der Waals surface area contributed by atoms with Crippen LogP contribution in [0.4, 0.5) is 0 Å². The number of hydrogen-bond acceptors (Lipinski definition) is 5. The van der Waals surface area contributed by atoms with Gasteiger partial charge in [-0.1, -0.05) is 28.9 Å². The first kappa shape index (κ1) is 17.9. The zero-order chi connectivity index (χ0) is 18.5. The van der Waals surface area contributed by atoms with Gasteiger partial charge in [0.15, 0.2) is 11.5 Å². The summed E-state index contributed by atoms with van der Waals surface area (Å²) in [4.78, 5) is 14.2. The van der Waals surface area contributed by atoms with Crippen LogP contribution in [-0.2, 0) is 11.3 Å². The fourth-order valence-electron chi connectivity index (χ4n) is 2.81. The van der Waals surface area contributed by atoms with Gasteiger partial charge in [-0.25, -0.2) is 0 Å². The van der Waals surface area contributed by atoms with Crippen LogP contribution in [0, 0.1) is 13.8 Å². The Morgan fingerprint density at radius 2 is 2.08 bits per heavy atom. The number of nitrogens with zero attached hydrogens (tertiary/aromatic N) is 2. The van der Waals surface area contributed by atoms with Gasteiger partial charge in [-0.15, -0.1) is 0 Å². The normalized spacial score (nSPS) is 10.9. The van der Waals surface area contributed by atoms with Crippen LogP contribution >= 0.6 is 0 Å². The lowest BCUT2D eigenvalue weighted by atomic mass is 10.0. The molecule has 0 N–H and O–H groups in total. The molecule has 2 heterocycles. The van der Waals surface area contributed by atoms with E-state index in [1.165, 1.54) is 11.8 Å². The predicted octanol–water partition coefficient (Wildman–Crippen LogP) is 3.84. The maximum Gasteiger partial charge on any atom is 0.289 e. The monoisotopic (exact) mass is 354 g/mol. The molecule has 6 heteroatoms. The molecule has 26 heavy (non-hydrogen) atoms. The fourth-order valence-corrected chi connectivity index (χ4v) is 2.81. The average Bonchev–Trinajstić information content (AvgIpc) is 3.30. The van der Waals surface area contributed by atoms with E-state index in [9.17, 15) is 4.79 Å². The Hall–Kier alpha value is -2.86. The summed E-state index contributed by atoms with van der Waals surface area (Å²) >= 11 is 0. The summed E-state index contributed by atoms with van der Waals surface area (Å²) in [5.74, 6) is 0.775. The summed E-state index contributed by atoms with van der Waals surface area (Å²) in [5.41, 5.74) is 3.99. The van der Waals surface area contributed by atoms with E-state index in [0.29, 0.717) is 36.9 Å². The van der Waals surface area contributed by atoms with E-state index >= 15 is 0 Å². The summed E-state index contributed by atoms with van der Waals surface area (Å²) in [6.45, 7) is 5.26. The highest BCUT2D eigenvalue weighted by Gasteiger charge is 2.20. The highest BCUT2D eigenvalue weighted by atomic mass is 16.5. The van der Waals surface area contributed by atoms with Gasteiger partial charge in [0.25, 0.3) is 5.91 Å². The zero-order valence-electron chi connectivity index (χ0n) is 15.2. The lowest BCUT2D eigenvalue weighted by Gasteiger charge is -2.19. The van der Waals surface area contributed by atoms with Crippen LogP contribution in [0.5, 0.6) is 0 Å². The zero-order valence-corrected chi connectivity index (χ0v) is 15.2. The first-order chi connectivity index (χ1) is 12.6. The van der Waals surface area contributed by atoms with Crippen molar-refractivity contribution in [3.05, 3.63) is 65.2 Å². The quantitative estimate of drug-likeness (QED) is 0.645. The van der Waals surface area contributed by atoms with Gasteiger partial charge < -0.3 is 18.6 Å². The molecule has 0 spiro atoms. The van der Waals surface area contributed by atoms with Crippen molar-refractivity contribution in [2.45, 2.75) is 20.4 Å². The fraction of sp³-hybridized carbons (Fsp3) is 0.300. The Balaban J connectivity index is 1.79. The molecule has 0 aliphatic carbocycles. The van der Waals surface area contributed by atoms with Crippen LogP contribution < -0.4 is 0 Å². The second-order valence-electron chi connectivity index (χ2n) is 6.20. The summed E-state index contributed by atoms with van der Waals surface area (Å²) in [6, 6.07) is 11.4. The molecule has 0 saturated carbocycles. The first-order valence-corrected chi connectivity index (χ1v) is 8.43. The first-order valence-electron chi connectivity index (χ1n) is 8.43. The molecule has 1 aromatic carbocycles. The Morgan fingerprint density at radius 1 is 1.23 bits per heavy atom. The lowest BCUT2D eigenvalue weighted by molar-refractivity contribution is 0.0645. The van der Waals surface area contributed by atoms with Gasteiger partial charge >= 0.3 is 0 Å². The second-order valence-corrected chi connectivity index (χ2v) is 6.20. The number of rotatable bonds is 7. The number of ether oxygens (including phenoxy) is 1. The van der Waals surface area contributed by atoms with Crippen molar-refractivity contribution in [1.82, 2.24) is 10.1 Å². The van der Waals surface area contributed by atoms with Gasteiger partial charge in [0, 0.05) is 25.3 Å². The van der Waals surface area contributed by atoms with Crippen LogP contribution in [0.2, 0.25) is 0 Å². The number of aryl methyl sites for hydroxylation is 2. The largest absolute Gasteiger partial charge is 0.459 e. The Bertz CT molecular complexity index is 868. The molecular formula is C20H22N2O4. The number of furan rings is 1. The Morgan fingerprint density at radius 3 is 2.77 bits per heavy atom. The second kappa shape index (κ2) is 8.01. The van der Waals surface area contributed by atoms with Gasteiger partial charge in [0.2, 0.25) is 0 Å². The van der Waals surface area contributed by atoms with Gasteiger partial charge in [0.05, 0.1) is 19.4 Å². The van der Waals surface area contributed by atoms with Crippen molar-refractivity contribution >= 4 is 5.91 Å². The number of carbonyl (C=O) groups excluding carboxylic acids is 1. The van der Waals surface area contributed by atoms with Gasteiger partial charge in [0.1, 0.15) is 5.69 Å². The van der Waals surface area contributed by atoms with Crippen LogP contribution in [0.25, 0.3) is 11.3 Å². The average molecular weight is 354 g/mol. The molecule has 0 aliphatic rings. The molecule has 136 valence electrons. The molecule has 0 fully saturated rings. The minimum atomic E-state index is -0.205. The van der Waals surface area contributed by atoms with Gasteiger partial charge in [-0.2, -0.15) is 0 Å². The van der Waals surface area contributed by atoms with Crippen molar-refractivity contribution in [2.75, 3.05) is 20.3 Å². The molecule has 0 radical (unpaired) electrons. The molecule has 0 atom stereocenters. The minimum Gasteiger partial charge on any atom is -0.459 e. The van der Waals surface area contributed by atoms with Crippen molar-refractivity contribution in [3.63, 3.8) is 0 Å². The van der Waals surface area contributed by atoms with Crippen molar-refractivity contribution in [2.24, 2.45) is 0 Å². The van der Waals surface area contributed by atoms with Crippen molar-refractivity contribution in [1.29, 1.82) is 0 Å². The molecule has 3 aromatic rings. The van der Waals surface area contributed by atoms with Crippen LogP contribution in [0.15, 0.2) is 51.6 Å². The van der Waals surface area contributed by atoms with E-state index in [4.69, 9.17) is 13.7 Å². The molecular weight excluding hydrogens is 332 g/mol. The third kappa shape index (κ3) is 4.03. The van der Waals surface area contributed by atoms with E-state index in [1.54, 1.807) is 24.1 Å². The number of carbonyl (C=O) groups is 1. The SMILES string of the molecule is COCCN(Cc1cc(-c2ccc(C)cc2C)on1)C(=O)c1ccco1. The van der Waals surface area contributed by atoms with E-state index in [1.807, 2.05) is 25.1 Å². The van der Waals surface area contributed by atoms with Crippen LogP contribution in [0.1, 0.15) is 27.4 Å². The molecule has 0 saturated heterocycles. The van der Waals surface area contributed by atoms with E-state index < -0.39 is 0 Å². The van der Waals surface area contributed by atoms with Crippen molar-refractivity contribution in [3.8, 4) is 11.3 Å². The standard InChI is InChI=1S/C20H22N2O4/c1-14-6-7-17(15(2)11-14)19-12-16(21-26-19)13-22(8-10-24-3)20(23)18-5-4-9-25-18/h4-7,9,11-12H,8,10,13H2,1-3H3. The van der Waals surface area contributed by atoms with Gasteiger partial charge in [-0.05, 0) is 31.5 Å². The Labute approximate surface area is 152 Å². The highest BCUT2D eigenvalue weighted by molar-refractivity contribution is 5.91. The summed E-state index contributed by atoms with van der Waals surface area (Å²) in [6.07, 6.45) is 1.48. The molecule has 0 unspecified atom stereocenters. The predicted molar refractivity (Wildman–Crippen MR) is 96.7 cm³/mol. The van der Waals surface area contributed by atoms with E-state index in [-0.39, 0.29) is 5.91 Å². The van der Waals surface area contributed by atoms with Crippen LogP contribution in [0.3, 0.4) is 0 Å². The number of hydrogen-bond donors (Lipinski definition) is 0. The third-order valence-corrected chi connectivity index (χ3v) is 4.14. The number of amides is 1. The van der Waals surface area contributed by atoms with E-state index in [2.05, 4.69) is 18.1 Å². The molecule has 2 aromatic heterocycles. The molecule has 0 bridgehead atoms. The van der Waals surface area contributed by atoms with Crippen LogP contribution in [-0.4, -0.2) is 36.2 Å². The van der Waals surface area contributed by atoms with Gasteiger partial charge in [-0.3, -0.25) is 4.79 Å². The van der Waals surface area contributed by atoms with E-state index in [0.717, 1.165) is 11.1 Å². The Kier molecular flexibility index (Phi) is 5.53. The maximum absolute atomic E-state index is 12.6. The molecule has 6 nitrogen and oxygen atoms in total. The molecule has 0 aliphatic heterocycles. The number of aromatic nitrogens is 1. The number of methoxy groups -OCH3 is 1. The highest BCUT2D eigenvalue weighted by Crippen LogP contribution is 2.25. The maximum atomic E-state index is 12.6.